The first-order valence-corrected chi connectivity index (χ1v) is 21.0. The standard InChI is InChI=1S/C39H72NO8P/c1-3-5-7-9-11-13-15-17-18-19-20-22-24-26-28-30-32-39(43)46-35-37(41)36-48-49(44,45)47-34-33-40-38(42)31-29-27-25-23-21-16-14-12-10-8-6-4-2/h12-15,18-19,37,41H,3-11,16-17,20-36H2,1-2H3,(H,40,42)(H,44,45)/b14-12-,15-13-,19-18-. The summed E-state index contributed by atoms with van der Waals surface area (Å²) in [5, 5.41) is 12.6. The van der Waals surface area contributed by atoms with Gasteiger partial charge in [-0.15, -0.1) is 0 Å². The van der Waals surface area contributed by atoms with Crippen molar-refractivity contribution < 1.29 is 37.9 Å². The van der Waals surface area contributed by atoms with Crippen LogP contribution in [0, 0.1) is 0 Å². The molecule has 0 radical (unpaired) electrons. The molecule has 0 aromatic carbocycles. The van der Waals surface area contributed by atoms with Crippen molar-refractivity contribution in [2.24, 2.45) is 0 Å². The van der Waals surface area contributed by atoms with Gasteiger partial charge < -0.3 is 20.1 Å². The zero-order valence-electron chi connectivity index (χ0n) is 31.1. The zero-order chi connectivity index (χ0) is 36.1. The fraction of sp³-hybridized carbons (Fsp3) is 0.795. The fourth-order valence-electron chi connectivity index (χ4n) is 5.05. The first-order chi connectivity index (χ1) is 23.8. The summed E-state index contributed by atoms with van der Waals surface area (Å²) in [7, 11) is -4.41. The zero-order valence-corrected chi connectivity index (χ0v) is 32.0. The lowest BCUT2D eigenvalue weighted by Crippen LogP contribution is -2.27. The maximum absolute atomic E-state index is 12.0. The highest BCUT2D eigenvalue weighted by Gasteiger charge is 2.23. The monoisotopic (exact) mass is 713 g/mol. The molecule has 1 amide bonds. The van der Waals surface area contributed by atoms with Crippen molar-refractivity contribution in [1.82, 2.24) is 5.32 Å². The first kappa shape index (κ1) is 47.2. The quantitative estimate of drug-likeness (QED) is 0.0253. The highest BCUT2D eigenvalue weighted by molar-refractivity contribution is 7.47. The Morgan fingerprint density at radius 2 is 1.10 bits per heavy atom. The van der Waals surface area contributed by atoms with Gasteiger partial charge in [-0.05, 0) is 70.6 Å². The second-order valence-corrected chi connectivity index (χ2v) is 14.3. The van der Waals surface area contributed by atoms with Gasteiger partial charge in [0.05, 0.1) is 13.2 Å². The number of aliphatic hydroxyl groups excluding tert-OH is 1. The average molecular weight is 714 g/mol. The normalized spacial score (nSPS) is 13.8. The van der Waals surface area contributed by atoms with Crippen LogP contribution < -0.4 is 5.32 Å². The lowest BCUT2D eigenvalue weighted by atomic mass is 10.1. The van der Waals surface area contributed by atoms with Gasteiger partial charge in [-0.25, -0.2) is 4.57 Å². The van der Waals surface area contributed by atoms with E-state index in [9.17, 15) is 24.2 Å². The minimum absolute atomic E-state index is 0.0751. The largest absolute Gasteiger partial charge is 0.472 e. The summed E-state index contributed by atoms with van der Waals surface area (Å²) in [5.41, 5.74) is 0. The summed E-state index contributed by atoms with van der Waals surface area (Å²) in [6.07, 6.45) is 37.8. The van der Waals surface area contributed by atoms with Crippen molar-refractivity contribution in [3.63, 3.8) is 0 Å². The molecular formula is C39H72NO8P. The number of nitrogens with one attached hydrogen (secondary N) is 1. The van der Waals surface area contributed by atoms with E-state index >= 15 is 0 Å². The molecule has 0 bridgehead atoms. The molecule has 2 atom stereocenters. The van der Waals surface area contributed by atoms with Crippen molar-refractivity contribution in [1.29, 1.82) is 0 Å². The van der Waals surface area contributed by atoms with Crippen molar-refractivity contribution in [3.05, 3.63) is 36.5 Å². The predicted octanol–water partition coefficient (Wildman–Crippen LogP) is 10.2. The van der Waals surface area contributed by atoms with Gasteiger partial charge in [0.15, 0.2) is 0 Å². The van der Waals surface area contributed by atoms with Crippen LogP contribution in [-0.2, 0) is 27.9 Å². The lowest BCUT2D eigenvalue weighted by Gasteiger charge is -2.15. The number of unbranched alkanes of at least 4 members (excludes halogenated alkanes) is 17. The van der Waals surface area contributed by atoms with Gasteiger partial charge in [-0.1, -0.05) is 121 Å². The third-order valence-electron chi connectivity index (χ3n) is 8.04. The van der Waals surface area contributed by atoms with Crippen LogP contribution in [0.1, 0.15) is 168 Å². The first-order valence-electron chi connectivity index (χ1n) is 19.5. The second-order valence-electron chi connectivity index (χ2n) is 12.9. The van der Waals surface area contributed by atoms with Gasteiger partial charge in [0, 0.05) is 19.4 Å². The predicted molar refractivity (Wildman–Crippen MR) is 201 cm³/mol. The van der Waals surface area contributed by atoms with Crippen LogP contribution in [0.4, 0.5) is 0 Å². The summed E-state index contributed by atoms with van der Waals surface area (Å²) in [4.78, 5) is 33.7. The van der Waals surface area contributed by atoms with Gasteiger partial charge in [0.1, 0.15) is 12.7 Å². The Morgan fingerprint density at radius 3 is 1.69 bits per heavy atom. The SMILES string of the molecule is CCCCC/C=C\CCCCCCCC(=O)NCCOP(=O)(O)OCC(O)COC(=O)CCCCCCC/C=C\C/C=C\CCCCCC. The Kier molecular flexibility index (Phi) is 34.7. The van der Waals surface area contributed by atoms with E-state index in [1.807, 2.05) is 0 Å². The van der Waals surface area contributed by atoms with Crippen LogP contribution in [0.3, 0.4) is 0 Å². The average Bonchev–Trinajstić information content (AvgIpc) is 3.08. The number of amides is 1. The minimum Gasteiger partial charge on any atom is -0.463 e. The van der Waals surface area contributed by atoms with Crippen LogP contribution >= 0.6 is 7.82 Å². The summed E-state index contributed by atoms with van der Waals surface area (Å²) >= 11 is 0. The van der Waals surface area contributed by atoms with Crippen molar-refractivity contribution in [3.8, 4) is 0 Å². The minimum atomic E-state index is -4.41. The molecule has 0 rings (SSSR count). The van der Waals surface area contributed by atoms with E-state index in [0.717, 1.165) is 77.0 Å². The molecule has 0 saturated carbocycles. The molecule has 10 heteroatoms. The number of hydrogen-bond donors (Lipinski definition) is 3. The number of carbonyl (C=O) groups is 2. The third-order valence-corrected chi connectivity index (χ3v) is 9.03. The number of phosphoric ester groups is 1. The van der Waals surface area contributed by atoms with Crippen LogP contribution in [0.25, 0.3) is 0 Å². The van der Waals surface area contributed by atoms with E-state index in [2.05, 4.69) is 55.6 Å². The molecule has 0 heterocycles. The molecule has 2 unspecified atom stereocenters. The summed E-state index contributed by atoms with van der Waals surface area (Å²) < 4.78 is 26.8. The number of rotatable bonds is 36. The third kappa shape index (κ3) is 37.3. The van der Waals surface area contributed by atoms with Crippen LogP contribution in [-0.4, -0.2) is 54.3 Å². The van der Waals surface area contributed by atoms with E-state index in [1.165, 1.54) is 64.2 Å². The van der Waals surface area contributed by atoms with Crippen molar-refractivity contribution in [2.45, 2.75) is 174 Å². The van der Waals surface area contributed by atoms with Crippen LogP contribution in [0.2, 0.25) is 0 Å². The Morgan fingerprint density at radius 1 is 0.633 bits per heavy atom. The topological polar surface area (TPSA) is 131 Å². The lowest BCUT2D eigenvalue weighted by molar-refractivity contribution is -0.147. The van der Waals surface area contributed by atoms with Gasteiger partial charge in [0.25, 0.3) is 0 Å². The Bertz CT molecular complexity index is 907. The maximum Gasteiger partial charge on any atom is 0.472 e. The molecule has 0 spiro atoms. The van der Waals surface area contributed by atoms with E-state index in [4.69, 9.17) is 13.8 Å². The van der Waals surface area contributed by atoms with E-state index in [0.29, 0.717) is 6.42 Å². The smallest absolute Gasteiger partial charge is 0.463 e. The molecule has 0 aromatic rings. The molecular weight excluding hydrogens is 641 g/mol. The highest BCUT2D eigenvalue weighted by Crippen LogP contribution is 2.42. The Balaban J connectivity index is 3.66. The molecule has 0 saturated heterocycles. The number of ether oxygens (including phenoxy) is 1. The number of phosphoric acid groups is 1. The molecule has 3 N–H and O–H groups in total. The summed E-state index contributed by atoms with van der Waals surface area (Å²) in [6.45, 7) is 3.47. The molecule has 0 aromatic heterocycles. The Hall–Kier alpha value is -1.77. The number of hydrogen-bond acceptors (Lipinski definition) is 7. The summed E-state index contributed by atoms with van der Waals surface area (Å²) in [6, 6.07) is 0. The maximum atomic E-state index is 12.0. The van der Waals surface area contributed by atoms with Crippen molar-refractivity contribution >= 4 is 19.7 Å². The van der Waals surface area contributed by atoms with Crippen LogP contribution in [0.15, 0.2) is 36.5 Å². The number of esters is 1. The molecule has 9 nitrogen and oxygen atoms in total. The second kappa shape index (κ2) is 36.0. The summed E-state index contributed by atoms with van der Waals surface area (Å²) in [5.74, 6) is -0.542. The number of carbonyl (C=O) groups excluding carboxylic acids is 2. The van der Waals surface area contributed by atoms with Gasteiger partial charge in [0.2, 0.25) is 5.91 Å². The molecule has 49 heavy (non-hydrogen) atoms. The molecule has 0 fully saturated rings. The van der Waals surface area contributed by atoms with Gasteiger partial charge in [-0.3, -0.25) is 18.6 Å². The van der Waals surface area contributed by atoms with E-state index < -0.39 is 26.5 Å². The van der Waals surface area contributed by atoms with Crippen LogP contribution in [0.5, 0.6) is 0 Å². The molecule has 0 aliphatic heterocycles. The molecule has 0 aliphatic carbocycles. The number of aliphatic hydroxyl groups is 1. The molecule has 0 aliphatic rings. The highest BCUT2D eigenvalue weighted by atomic mass is 31.2. The Labute approximate surface area is 299 Å². The molecule has 286 valence electrons. The van der Waals surface area contributed by atoms with Gasteiger partial charge in [-0.2, -0.15) is 0 Å². The number of allylic oxidation sites excluding steroid dienone is 6. The van der Waals surface area contributed by atoms with Crippen molar-refractivity contribution in [2.75, 3.05) is 26.4 Å². The van der Waals surface area contributed by atoms with E-state index in [-0.39, 0.29) is 32.1 Å². The van der Waals surface area contributed by atoms with Gasteiger partial charge >= 0.3 is 13.8 Å². The van der Waals surface area contributed by atoms with E-state index in [1.54, 1.807) is 0 Å². The fourth-order valence-corrected chi connectivity index (χ4v) is 5.81.